The van der Waals surface area contributed by atoms with Crippen LogP contribution in [0.25, 0.3) is 0 Å². The van der Waals surface area contributed by atoms with Gasteiger partial charge in [-0.2, -0.15) is 5.26 Å². The molecule has 0 bridgehead atoms. The lowest BCUT2D eigenvalue weighted by Crippen LogP contribution is -2.25. The van der Waals surface area contributed by atoms with Crippen molar-refractivity contribution >= 4 is 23.2 Å². The van der Waals surface area contributed by atoms with Crippen LogP contribution in [0.15, 0.2) is 48.5 Å². The molecule has 2 rings (SSSR count). The highest BCUT2D eigenvalue weighted by Gasteiger charge is 2.24. The third-order valence-corrected chi connectivity index (χ3v) is 3.71. The van der Waals surface area contributed by atoms with Crippen molar-refractivity contribution in [1.82, 2.24) is 0 Å². The van der Waals surface area contributed by atoms with Crippen LogP contribution < -0.4 is 5.32 Å². The number of nitrogens with one attached hydrogen (secondary N) is 1. The van der Waals surface area contributed by atoms with Crippen LogP contribution in [0.2, 0.25) is 5.02 Å². The molecule has 0 saturated heterocycles. The van der Waals surface area contributed by atoms with E-state index in [4.69, 9.17) is 16.9 Å². The van der Waals surface area contributed by atoms with E-state index in [1.54, 1.807) is 36.4 Å². The standard InChI is InChI=1S/C18H17ClN2O/c1-12(2)17(14-5-7-15(19)8-6-14)18(22)21-16-9-3-13(11-20)4-10-16/h3-10,12,17H,1-2H3,(H,21,22)/t17-/m0/s1. The Morgan fingerprint density at radius 1 is 1.09 bits per heavy atom. The van der Waals surface area contributed by atoms with Crippen molar-refractivity contribution in [2.75, 3.05) is 5.32 Å². The maximum Gasteiger partial charge on any atom is 0.232 e. The molecular formula is C18H17ClN2O. The molecule has 1 amide bonds. The Morgan fingerprint density at radius 3 is 2.18 bits per heavy atom. The molecule has 0 aromatic heterocycles. The van der Waals surface area contributed by atoms with Crippen LogP contribution in [0, 0.1) is 17.2 Å². The molecule has 0 aliphatic heterocycles. The zero-order chi connectivity index (χ0) is 16.1. The molecule has 1 atom stereocenters. The fourth-order valence-corrected chi connectivity index (χ4v) is 2.48. The van der Waals surface area contributed by atoms with E-state index >= 15 is 0 Å². The molecule has 0 aliphatic carbocycles. The molecule has 3 nitrogen and oxygen atoms in total. The van der Waals surface area contributed by atoms with E-state index in [0.717, 1.165) is 5.56 Å². The van der Waals surface area contributed by atoms with Gasteiger partial charge in [-0.3, -0.25) is 4.79 Å². The first-order valence-corrected chi connectivity index (χ1v) is 7.45. The SMILES string of the molecule is CC(C)[C@H](C(=O)Nc1ccc(C#N)cc1)c1ccc(Cl)cc1. The predicted molar refractivity (Wildman–Crippen MR) is 88.8 cm³/mol. The normalized spacial score (nSPS) is 11.8. The monoisotopic (exact) mass is 312 g/mol. The van der Waals surface area contributed by atoms with E-state index in [9.17, 15) is 4.79 Å². The fraction of sp³-hybridized carbons (Fsp3) is 0.222. The molecule has 1 N–H and O–H groups in total. The second kappa shape index (κ2) is 7.11. The van der Waals surface area contributed by atoms with Crippen LogP contribution in [0.4, 0.5) is 5.69 Å². The van der Waals surface area contributed by atoms with E-state index in [0.29, 0.717) is 16.3 Å². The topological polar surface area (TPSA) is 52.9 Å². The molecule has 0 heterocycles. The smallest absolute Gasteiger partial charge is 0.232 e. The minimum Gasteiger partial charge on any atom is -0.326 e. The highest BCUT2D eigenvalue weighted by Crippen LogP contribution is 2.27. The number of amides is 1. The molecule has 2 aromatic carbocycles. The average molecular weight is 313 g/mol. The van der Waals surface area contributed by atoms with Crippen molar-refractivity contribution < 1.29 is 4.79 Å². The molecule has 112 valence electrons. The number of carbonyl (C=O) groups excluding carboxylic acids is 1. The fourth-order valence-electron chi connectivity index (χ4n) is 2.36. The second-order valence-corrected chi connectivity index (χ2v) is 5.89. The summed E-state index contributed by atoms with van der Waals surface area (Å²) in [5, 5.41) is 12.4. The van der Waals surface area contributed by atoms with E-state index in [-0.39, 0.29) is 17.7 Å². The number of hydrogen-bond donors (Lipinski definition) is 1. The van der Waals surface area contributed by atoms with E-state index < -0.39 is 0 Å². The maximum absolute atomic E-state index is 12.6. The Balaban J connectivity index is 2.19. The number of carbonyl (C=O) groups is 1. The van der Waals surface area contributed by atoms with Crippen LogP contribution in [0.5, 0.6) is 0 Å². The molecule has 2 aromatic rings. The van der Waals surface area contributed by atoms with Gasteiger partial charge in [0.25, 0.3) is 0 Å². The highest BCUT2D eigenvalue weighted by molar-refractivity contribution is 6.30. The quantitative estimate of drug-likeness (QED) is 0.897. The molecular weight excluding hydrogens is 296 g/mol. The molecule has 0 unspecified atom stereocenters. The Morgan fingerprint density at radius 2 is 1.68 bits per heavy atom. The molecule has 4 heteroatoms. The van der Waals surface area contributed by atoms with Crippen molar-refractivity contribution in [3.05, 3.63) is 64.7 Å². The van der Waals surface area contributed by atoms with E-state index in [2.05, 4.69) is 11.4 Å². The number of halogens is 1. The van der Waals surface area contributed by atoms with Gasteiger partial charge in [-0.05, 0) is 47.9 Å². The predicted octanol–water partition coefficient (Wildman–Crippen LogP) is 4.59. The maximum atomic E-state index is 12.6. The van der Waals surface area contributed by atoms with Gasteiger partial charge in [-0.25, -0.2) is 0 Å². The number of hydrogen-bond acceptors (Lipinski definition) is 2. The van der Waals surface area contributed by atoms with Gasteiger partial charge < -0.3 is 5.32 Å². The number of nitriles is 1. The summed E-state index contributed by atoms with van der Waals surface area (Å²) in [6, 6.07) is 16.2. The molecule has 0 aliphatic rings. The zero-order valence-corrected chi connectivity index (χ0v) is 13.3. The Kier molecular flexibility index (Phi) is 5.19. The first kappa shape index (κ1) is 16.1. The molecule has 22 heavy (non-hydrogen) atoms. The minimum atomic E-state index is -0.257. The molecule has 0 fully saturated rings. The third kappa shape index (κ3) is 3.87. The van der Waals surface area contributed by atoms with E-state index in [1.807, 2.05) is 26.0 Å². The van der Waals surface area contributed by atoms with Crippen LogP contribution in [0.1, 0.15) is 30.9 Å². The van der Waals surface area contributed by atoms with Gasteiger partial charge in [-0.1, -0.05) is 37.6 Å². The van der Waals surface area contributed by atoms with Gasteiger partial charge >= 0.3 is 0 Å². The minimum absolute atomic E-state index is 0.0676. The summed E-state index contributed by atoms with van der Waals surface area (Å²) in [5.41, 5.74) is 2.19. The Labute approximate surface area is 135 Å². The van der Waals surface area contributed by atoms with Gasteiger partial charge in [0, 0.05) is 10.7 Å². The van der Waals surface area contributed by atoms with Crippen LogP contribution in [0.3, 0.4) is 0 Å². The highest BCUT2D eigenvalue weighted by atomic mass is 35.5. The summed E-state index contributed by atoms with van der Waals surface area (Å²) in [5.74, 6) is -0.172. The van der Waals surface area contributed by atoms with Crippen molar-refractivity contribution in [1.29, 1.82) is 5.26 Å². The number of anilines is 1. The van der Waals surface area contributed by atoms with Crippen molar-refractivity contribution in [3.8, 4) is 6.07 Å². The van der Waals surface area contributed by atoms with Crippen LogP contribution in [-0.4, -0.2) is 5.91 Å². The first-order chi connectivity index (χ1) is 10.5. The summed E-state index contributed by atoms with van der Waals surface area (Å²) in [7, 11) is 0. The van der Waals surface area contributed by atoms with Gasteiger partial charge in [0.2, 0.25) is 5.91 Å². The second-order valence-electron chi connectivity index (χ2n) is 5.45. The van der Waals surface area contributed by atoms with Crippen molar-refractivity contribution in [3.63, 3.8) is 0 Å². The summed E-state index contributed by atoms with van der Waals surface area (Å²) in [4.78, 5) is 12.6. The third-order valence-electron chi connectivity index (χ3n) is 3.46. The summed E-state index contributed by atoms with van der Waals surface area (Å²) < 4.78 is 0. The number of rotatable bonds is 4. The molecule has 0 radical (unpaired) electrons. The van der Waals surface area contributed by atoms with Crippen molar-refractivity contribution in [2.24, 2.45) is 5.92 Å². The van der Waals surface area contributed by atoms with Crippen LogP contribution in [-0.2, 0) is 4.79 Å². The number of nitrogens with zero attached hydrogens (tertiary/aromatic N) is 1. The van der Waals surface area contributed by atoms with E-state index in [1.165, 1.54) is 0 Å². The average Bonchev–Trinajstić information content (AvgIpc) is 2.50. The lowest BCUT2D eigenvalue weighted by molar-refractivity contribution is -0.118. The van der Waals surface area contributed by atoms with Gasteiger partial charge in [0.05, 0.1) is 17.6 Å². The molecule has 0 saturated carbocycles. The van der Waals surface area contributed by atoms with Crippen LogP contribution >= 0.6 is 11.6 Å². The largest absolute Gasteiger partial charge is 0.326 e. The molecule has 0 spiro atoms. The zero-order valence-electron chi connectivity index (χ0n) is 12.5. The van der Waals surface area contributed by atoms with Crippen molar-refractivity contribution in [2.45, 2.75) is 19.8 Å². The number of benzene rings is 2. The lowest BCUT2D eigenvalue weighted by Gasteiger charge is -2.21. The van der Waals surface area contributed by atoms with Gasteiger partial charge in [0.1, 0.15) is 0 Å². The van der Waals surface area contributed by atoms with Gasteiger partial charge in [0.15, 0.2) is 0 Å². The Hall–Kier alpha value is -2.31. The summed E-state index contributed by atoms with van der Waals surface area (Å²) in [6.07, 6.45) is 0. The first-order valence-electron chi connectivity index (χ1n) is 7.07. The van der Waals surface area contributed by atoms with Gasteiger partial charge in [-0.15, -0.1) is 0 Å². The Bertz CT molecular complexity index is 685. The lowest BCUT2D eigenvalue weighted by atomic mass is 9.87. The summed E-state index contributed by atoms with van der Waals surface area (Å²) >= 11 is 5.91. The summed E-state index contributed by atoms with van der Waals surface area (Å²) in [6.45, 7) is 4.02.